The first-order chi connectivity index (χ1) is 12.9. The lowest BCUT2D eigenvalue weighted by molar-refractivity contribution is -0.120. The smallest absolute Gasteiger partial charge is 0.286 e. The van der Waals surface area contributed by atoms with Crippen molar-refractivity contribution in [1.82, 2.24) is 4.57 Å². The number of carbonyl (C=O) groups excluding carboxylic acids is 1. The Morgan fingerprint density at radius 2 is 2.07 bits per heavy atom. The van der Waals surface area contributed by atoms with Crippen LogP contribution in [-0.4, -0.2) is 17.1 Å². The number of thiazole rings is 1. The van der Waals surface area contributed by atoms with Crippen molar-refractivity contribution in [2.24, 2.45) is 4.99 Å². The van der Waals surface area contributed by atoms with E-state index in [-0.39, 0.29) is 6.61 Å². The van der Waals surface area contributed by atoms with Crippen molar-refractivity contribution < 1.29 is 9.53 Å². The standard InChI is InChI=1S/C20H16Cl2N2O2S/c1-4-7-24-19-13(3)8-12(2)9-17(19)27-20(24)23-18(25)11-26-16-6-5-14(21)10-15(16)22/h1,5-6,8-10H,7,11H2,2-3H3. The summed E-state index contributed by atoms with van der Waals surface area (Å²) < 4.78 is 8.38. The van der Waals surface area contributed by atoms with Gasteiger partial charge in [0.15, 0.2) is 11.4 Å². The van der Waals surface area contributed by atoms with Crippen molar-refractivity contribution in [1.29, 1.82) is 0 Å². The van der Waals surface area contributed by atoms with E-state index in [9.17, 15) is 4.79 Å². The molecule has 1 heterocycles. The highest BCUT2D eigenvalue weighted by Crippen LogP contribution is 2.27. The van der Waals surface area contributed by atoms with Crippen LogP contribution in [0.1, 0.15) is 11.1 Å². The Balaban J connectivity index is 1.92. The fraction of sp³-hybridized carbons (Fsp3) is 0.200. The molecule has 3 aromatic rings. The SMILES string of the molecule is C#CCn1c(=NC(=O)COc2ccc(Cl)cc2Cl)sc2cc(C)cc(C)c21. The molecule has 0 spiro atoms. The van der Waals surface area contributed by atoms with Crippen LogP contribution in [0.3, 0.4) is 0 Å². The molecule has 0 unspecified atom stereocenters. The van der Waals surface area contributed by atoms with Crippen LogP contribution in [-0.2, 0) is 11.3 Å². The molecule has 1 amide bonds. The van der Waals surface area contributed by atoms with Gasteiger partial charge in [-0.1, -0.05) is 46.5 Å². The number of terminal acetylenes is 1. The molecule has 0 atom stereocenters. The summed E-state index contributed by atoms with van der Waals surface area (Å²) in [4.78, 5) is 17.1. The minimum Gasteiger partial charge on any atom is -0.482 e. The quantitative estimate of drug-likeness (QED) is 0.572. The summed E-state index contributed by atoms with van der Waals surface area (Å²) in [6, 6.07) is 8.95. The zero-order chi connectivity index (χ0) is 19.6. The maximum atomic E-state index is 12.3. The van der Waals surface area contributed by atoms with E-state index in [0.29, 0.717) is 27.1 Å². The molecular formula is C20H16Cl2N2O2S. The highest BCUT2D eigenvalue weighted by molar-refractivity contribution is 7.16. The summed E-state index contributed by atoms with van der Waals surface area (Å²) in [5.41, 5.74) is 3.24. The molecule has 2 aromatic carbocycles. The van der Waals surface area contributed by atoms with E-state index in [0.717, 1.165) is 21.3 Å². The number of aryl methyl sites for hydroxylation is 2. The van der Waals surface area contributed by atoms with Gasteiger partial charge in [-0.15, -0.1) is 6.42 Å². The van der Waals surface area contributed by atoms with Gasteiger partial charge in [0.25, 0.3) is 5.91 Å². The topological polar surface area (TPSA) is 43.6 Å². The third-order valence-electron chi connectivity index (χ3n) is 3.83. The number of rotatable bonds is 4. The second-order valence-corrected chi connectivity index (χ2v) is 7.83. The maximum absolute atomic E-state index is 12.3. The Kier molecular flexibility index (Phi) is 5.91. The van der Waals surface area contributed by atoms with Crippen molar-refractivity contribution in [3.05, 3.63) is 56.3 Å². The van der Waals surface area contributed by atoms with E-state index in [1.807, 2.05) is 18.4 Å². The average Bonchev–Trinajstić information content (AvgIpc) is 2.91. The molecule has 0 aliphatic rings. The molecule has 0 N–H and O–H groups in total. The molecule has 0 radical (unpaired) electrons. The van der Waals surface area contributed by atoms with Crippen molar-refractivity contribution in [2.45, 2.75) is 20.4 Å². The summed E-state index contributed by atoms with van der Waals surface area (Å²) in [5.74, 6) is 2.58. The van der Waals surface area contributed by atoms with Crippen molar-refractivity contribution >= 4 is 50.7 Å². The van der Waals surface area contributed by atoms with Gasteiger partial charge in [0.1, 0.15) is 5.75 Å². The number of aromatic nitrogens is 1. The van der Waals surface area contributed by atoms with Gasteiger partial charge in [-0.2, -0.15) is 4.99 Å². The first kappa shape index (κ1) is 19.5. The minimum absolute atomic E-state index is 0.232. The van der Waals surface area contributed by atoms with Crippen LogP contribution in [0.4, 0.5) is 0 Å². The number of amides is 1. The third kappa shape index (κ3) is 4.36. The van der Waals surface area contributed by atoms with Crippen LogP contribution in [0.15, 0.2) is 35.3 Å². The first-order valence-electron chi connectivity index (χ1n) is 8.08. The van der Waals surface area contributed by atoms with Gasteiger partial charge in [-0.05, 0) is 49.2 Å². The van der Waals surface area contributed by atoms with Gasteiger partial charge in [0, 0.05) is 5.02 Å². The van der Waals surface area contributed by atoms with Crippen LogP contribution in [0, 0.1) is 26.2 Å². The third-order valence-corrected chi connectivity index (χ3v) is 5.38. The minimum atomic E-state index is -0.423. The number of benzene rings is 2. The number of nitrogens with zero attached hydrogens (tertiary/aromatic N) is 2. The molecule has 0 aliphatic heterocycles. The largest absolute Gasteiger partial charge is 0.482 e. The fourth-order valence-electron chi connectivity index (χ4n) is 2.79. The van der Waals surface area contributed by atoms with E-state index >= 15 is 0 Å². The molecule has 3 rings (SSSR count). The Bertz CT molecular complexity index is 1140. The van der Waals surface area contributed by atoms with Crippen LogP contribution < -0.4 is 9.54 Å². The van der Waals surface area contributed by atoms with Gasteiger partial charge in [0.2, 0.25) is 0 Å². The van der Waals surface area contributed by atoms with Gasteiger partial charge in [0.05, 0.1) is 21.8 Å². The Morgan fingerprint density at radius 3 is 2.78 bits per heavy atom. The molecular weight excluding hydrogens is 403 g/mol. The monoisotopic (exact) mass is 418 g/mol. The van der Waals surface area contributed by atoms with Crippen molar-refractivity contribution in [3.8, 4) is 18.1 Å². The number of hydrogen-bond donors (Lipinski definition) is 0. The Hall–Kier alpha value is -2.26. The van der Waals surface area contributed by atoms with Gasteiger partial charge in [-0.25, -0.2) is 0 Å². The molecule has 0 bridgehead atoms. The van der Waals surface area contributed by atoms with E-state index in [1.54, 1.807) is 18.2 Å². The highest BCUT2D eigenvalue weighted by atomic mass is 35.5. The number of fused-ring (bicyclic) bond motifs is 1. The molecule has 0 saturated carbocycles. The lowest BCUT2D eigenvalue weighted by atomic mass is 10.1. The summed E-state index contributed by atoms with van der Waals surface area (Å²) in [5, 5.41) is 0.834. The van der Waals surface area contributed by atoms with E-state index in [4.69, 9.17) is 34.4 Å². The number of carbonyl (C=O) groups is 1. The summed E-state index contributed by atoms with van der Waals surface area (Å²) in [7, 11) is 0. The van der Waals surface area contributed by atoms with Crippen molar-refractivity contribution in [3.63, 3.8) is 0 Å². The fourth-order valence-corrected chi connectivity index (χ4v) is 4.47. The van der Waals surface area contributed by atoms with Crippen LogP contribution in [0.2, 0.25) is 10.0 Å². The second-order valence-electron chi connectivity index (χ2n) is 5.97. The van der Waals surface area contributed by atoms with E-state index in [2.05, 4.69) is 23.0 Å². The normalized spacial score (nSPS) is 11.6. The molecule has 7 heteroatoms. The number of ether oxygens (including phenoxy) is 1. The lowest BCUT2D eigenvalue weighted by Gasteiger charge is -2.06. The molecule has 27 heavy (non-hydrogen) atoms. The van der Waals surface area contributed by atoms with Gasteiger partial charge in [-0.3, -0.25) is 4.79 Å². The average molecular weight is 419 g/mol. The van der Waals surface area contributed by atoms with Gasteiger partial charge < -0.3 is 9.30 Å². The predicted molar refractivity (Wildman–Crippen MR) is 111 cm³/mol. The van der Waals surface area contributed by atoms with E-state index in [1.165, 1.54) is 11.3 Å². The summed E-state index contributed by atoms with van der Waals surface area (Å²) in [6.07, 6.45) is 5.51. The number of halogens is 2. The second kappa shape index (κ2) is 8.18. The van der Waals surface area contributed by atoms with E-state index < -0.39 is 5.91 Å². The zero-order valence-corrected chi connectivity index (χ0v) is 17.1. The Labute approximate surface area is 171 Å². The molecule has 4 nitrogen and oxygen atoms in total. The van der Waals surface area contributed by atoms with Gasteiger partial charge >= 0.3 is 0 Å². The lowest BCUT2D eigenvalue weighted by Crippen LogP contribution is -2.19. The Morgan fingerprint density at radius 1 is 1.30 bits per heavy atom. The molecule has 138 valence electrons. The molecule has 0 fully saturated rings. The molecule has 0 saturated heterocycles. The summed E-state index contributed by atoms with van der Waals surface area (Å²) >= 11 is 13.3. The molecule has 0 aliphatic carbocycles. The predicted octanol–water partition coefficient (Wildman–Crippen LogP) is 4.77. The molecule has 1 aromatic heterocycles. The van der Waals surface area contributed by atoms with Crippen LogP contribution >= 0.6 is 34.5 Å². The first-order valence-corrected chi connectivity index (χ1v) is 9.65. The van der Waals surface area contributed by atoms with Crippen LogP contribution in [0.25, 0.3) is 10.2 Å². The summed E-state index contributed by atoms with van der Waals surface area (Å²) in [6.45, 7) is 4.15. The number of hydrogen-bond acceptors (Lipinski definition) is 3. The highest BCUT2D eigenvalue weighted by Gasteiger charge is 2.11. The zero-order valence-electron chi connectivity index (χ0n) is 14.8. The van der Waals surface area contributed by atoms with Crippen molar-refractivity contribution in [2.75, 3.05) is 6.61 Å². The maximum Gasteiger partial charge on any atom is 0.286 e. The van der Waals surface area contributed by atoms with Crippen LogP contribution in [0.5, 0.6) is 5.75 Å².